The van der Waals surface area contributed by atoms with Crippen molar-refractivity contribution in [1.29, 1.82) is 0 Å². The van der Waals surface area contributed by atoms with Gasteiger partial charge in [-0.2, -0.15) is 13.2 Å². The van der Waals surface area contributed by atoms with Crippen LogP contribution >= 0.6 is 0 Å². The molecule has 0 bridgehead atoms. The number of rotatable bonds is 3. The molecule has 0 radical (unpaired) electrons. The largest absolute Gasteiger partial charge is 0.401 e. The molecule has 0 amide bonds. The molecule has 98 valence electrons. The highest BCUT2D eigenvalue weighted by atomic mass is 19.4. The lowest BCUT2D eigenvalue weighted by atomic mass is 10.0. The summed E-state index contributed by atoms with van der Waals surface area (Å²) in [6.45, 7) is 5.88. The molecule has 0 aromatic heterocycles. The van der Waals surface area contributed by atoms with E-state index in [-0.39, 0.29) is 0 Å². The van der Waals surface area contributed by atoms with Crippen molar-refractivity contribution >= 4 is 0 Å². The maximum atomic E-state index is 12.2. The Labute approximate surface area is 95.8 Å². The number of nitrogens with zero attached hydrogens (tertiary/aromatic N) is 1. The van der Waals surface area contributed by atoms with Crippen LogP contribution in [0.2, 0.25) is 0 Å². The molecule has 0 aliphatic carbocycles. The van der Waals surface area contributed by atoms with Crippen molar-refractivity contribution in [2.75, 3.05) is 26.8 Å². The Morgan fingerprint density at radius 3 is 2.31 bits per heavy atom. The van der Waals surface area contributed by atoms with E-state index in [2.05, 4.69) is 0 Å². The molecule has 5 heteroatoms. The third-order valence-corrected chi connectivity index (χ3v) is 2.73. The van der Waals surface area contributed by atoms with Crippen molar-refractivity contribution in [2.45, 2.75) is 45.3 Å². The van der Waals surface area contributed by atoms with Gasteiger partial charge in [0.25, 0.3) is 0 Å². The van der Waals surface area contributed by atoms with Crippen molar-refractivity contribution in [2.24, 2.45) is 0 Å². The van der Waals surface area contributed by atoms with Crippen LogP contribution in [0.4, 0.5) is 13.2 Å². The fourth-order valence-electron chi connectivity index (χ4n) is 2.04. The Kier molecular flexibility index (Phi) is 6.33. The first kappa shape index (κ1) is 15.7. The summed E-state index contributed by atoms with van der Waals surface area (Å²) in [7, 11) is 1.52. The van der Waals surface area contributed by atoms with Gasteiger partial charge in [-0.3, -0.25) is 4.90 Å². The molecular formula is C11H22F3NO. The molecule has 0 saturated carbocycles. The summed E-state index contributed by atoms with van der Waals surface area (Å²) >= 11 is 0. The van der Waals surface area contributed by atoms with Gasteiger partial charge in [0, 0.05) is 12.6 Å². The third-order valence-electron chi connectivity index (χ3n) is 2.73. The van der Waals surface area contributed by atoms with E-state index in [1.165, 1.54) is 12.0 Å². The van der Waals surface area contributed by atoms with Crippen LogP contribution in [0.15, 0.2) is 0 Å². The molecule has 1 unspecified atom stereocenters. The minimum Gasteiger partial charge on any atom is -0.383 e. The van der Waals surface area contributed by atoms with Crippen molar-refractivity contribution in [3.8, 4) is 0 Å². The lowest BCUT2D eigenvalue weighted by Gasteiger charge is -2.34. The fraction of sp³-hybridized carbons (Fsp3) is 1.00. The Morgan fingerprint density at radius 1 is 1.31 bits per heavy atom. The van der Waals surface area contributed by atoms with E-state index >= 15 is 0 Å². The third kappa shape index (κ3) is 4.70. The molecule has 1 fully saturated rings. The van der Waals surface area contributed by atoms with E-state index in [9.17, 15) is 13.2 Å². The standard InChI is InChI=1S/C9H16F3NO.C2H6/c1-8(7-14-2)4-3-5-13(8)6-9(10,11)12;1-2/h3-7H2,1-2H3;1-2H3. The number of hydrogen-bond donors (Lipinski definition) is 0. The highest BCUT2D eigenvalue weighted by Gasteiger charge is 2.42. The normalized spacial score (nSPS) is 26.4. The smallest absolute Gasteiger partial charge is 0.383 e. The maximum Gasteiger partial charge on any atom is 0.401 e. The van der Waals surface area contributed by atoms with E-state index in [4.69, 9.17) is 4.74 Å². The zero-order valence-electron chi connectivity index (χ0n) is 10.5. The zero-order chi connectivity index (χ0) is 12.8. The van der Waals surface area contributed by atoms with Crippen molar-refractivity contribution in [3.63, 3.8) is 0 Å². The number of halogens is 3. The van der Waals surface area contributed by atoms with Crippen LogP contribution in [0.3, 0.4) is 0 Å². The van der Waals surface area contributed by atoms with Crippen LogP contribution < -0.4 is 0 Å². The van der Waals surface area contributed by atoms with Gasteiger partial charge in [-0.15, -0.1) is 0 Å². The lowest BCUT2D eigenvalue weighted by molar-refractivity contribution is -0.156. The van der Waals surface area contributed by atoms with Gasteiger partial charge >= 0.3 is 6.18 Å². The summed E-state index contributed by atoms with van der Waals surface area (Å²) in [5.74, 6) is 0. The average molecular weight is 241 g/mol. The Balaban J connectivity index is 0.00000106. The van der Waals surface area contributed by atoms with Gasteiger partial charge in [0.15, 0.2) is 0 Å². The van der Waals surface area contributed by atoms with E-state index in [1.54, 1.807) is 0 Å². The van der Waals surface area contributed by atoms with E-state index in [1.807, 2.05) is 20.8 Å². The summed E-state index contributed by atoms with van der Waals surface area (Å²) in [4.78, 5) is 1.47. The summed E-state index contributed by atoms with van der Waals surface area (Å²) in [6.07, 6.45) is -2.52. The number of hydrogen-bond acceptors (Lipinski definition) is 2. The number of likely N-dealkylation sites (tertiary alicyclic amines) is 1. The number of alkyl halides is 3. The van der Waals surface area contributed by atoms with Crippen LogP contribution in [0.25, 0.3) is 0 Å². The van der Waals surface area contributed by atoms with Gasteiger partial charge in [0.1, 0.15) is 0 Å². The second-order valence-corrected chi connectivity index (χ2v) is 4.07. The van der Waals surface area contributed by atoms with Gasteiger partial charge in [-0.05, 0) is 26.3 Å². The molecule has 0 aromatic carbocycles. The molecule has 1 saturated heterocycles. The predicted octanol–water partition coefficient (Wildman–Crippen LogP) is 3.08. The summed E-state index contributed by atoms with van der Waals surface area (Å²) in [5.41, 5.74) is -0.440. The molecule has 1 aliphatic rings. The first-order chi connectivity index (χ1) is 7.37. The Bertz CT molecular complexity index is 196. The monoisotopic (exact) mass is 241 g/mol. The zero-order valence-corrected chi connectivity index (χ0v) is 10.5. The molecule has 1 aliphatic heterocycles. The average Bonchev–Trinajstić information content (AvgIpc) is 2.49. The number of methoxy groups -OCH3 is 1. The van der Waals surface area contributed by atoms with Gasteiger partial charge in [-0.25, -0.2) is 0 Å². The molecule has 16 heavy (non-hydrogen) atoms. The second kappa shape index (κ2) is 6.45. The highest BCUT2D eigenvalue weighted by molar-refractivity contribution is 4.92. The molecule has 0 aromatic rings. The van der Waals surface area contributed by atoms with Gasteiger partial charge in [0.2, 0.25) is 0 Å². The van der Waals surface area contributed by atoms with Crippen LogP contribution in [0.5, 0.6) is 0 Å². The van der Waals surface area contributed by atoms with Gasteiger partial charge in [0.05, 0.1) is 13.2 Å². The lowest BCUT2D eigenvalue weighted by Crippen LogP contribution is -2.48. The van der Waals surface area contributed by atoms with Crippen LogP contribution in [-0.4, -0.2) is 43.4 Å². The van der Waals surface area contributed by atoms with E-state index < -0.39 is 18.3 Å². The van der Waals surface area contributed by atoms with Gasteiger partial charge < -0.3 is 4.74 Å². The molecule has 0 spiro atoms. The summed E-state index contributed by atoms with van der Waals surface area (Å²) in [5, 5.41) is 0. The predicted molar refractivity (Wildman–Crippen MR) is 58.5 cm³/mol. The molecule has 0 N–H and O–H groups in total. The van der Waals surface area contributed by atoms with Crippen molar-refractivity contribution < 1.29 is 17.9 Å². The first-order valence-corrected chi connectivity index (χ1v) is 5.68. The Morgan fingerprint density at radius 2 is 1.88 bits per heavy atom. The quantitative estimate of drug-likeness (QED) is 0.753. The van der Waals surface area contributed by atoms with Gasteiger partial charge in [-0.1, -0.05) is 13.8 Å². The topological polar surface area (TPSA) is 12.5 Å². The van der Waals surface area contributed by atoms with E-state index in [0.29, 0.717) is 13.2 Å². The molecular weight excluding hydrogens is 219 g/mol. The molecule has 2 nitrogen and oxygen atoms in total. The first-order valence-electron chi connectivity index (χ1n) is 5.68. The van der Waals surface area contributed by atoms with Crippen LogP contribution in [-0.2, 0) is 4.74 Å². The Hall–Kier alpha value is -0.290. The van der Waals surface area contributed by atoms with E-state index in [0.717, 1.165) is 12.8 Å². The minimum absolute atomic E-state index is 0.364. The maximum absolute atomic E-state index is 12.2. The summed E-state index contributed by atoms with van der Waals surface area (Å²) < 4.78 is 41.6. The van der Waals surface area contributed by atoms with Crippen LogP contribution in [0.1, 0.15) is 33.6 Å². The SMILES string of the molecule is CC.COCC1(C)CCCN1CC(F)(F)F. The van der Waals surface area contributed by atoms with Crippen LogP contribution in [0, 0.1) is 0 Å². The van der Waals surface area contributed by atoms with Crippen molar-refractivity contribution in [3.05, 3.63) is 0 Å². The second-order valence-electron chi connectivity index (χ2n) is 4.07. The molecule has 1 atom stereocenters. The minimum atomic E-state index is -4.11. The molecule has 1 heterocycles. The number of ether oxygens (including phenoxy) is 1. The highest BCUT2D eigenvalue weighted by Crippen LogP contribution is 2.32. The molecule has 1 rings (SSSR count). The summed E-state index contributed by atoms with van der Waals surface area (Å²) in [6, 6.07) is 0. The van der Waals surface area contributed by atoms with Crippen molar-refractivity contribution in [1.82, 2.24) is 4.90 Å². The fourth-order valence-corrected chi connectivity index (χ4v) is 2.04.